The predicted molar refractivity (Wildman–Crippen MR) is 113 cm³/mol. The van der Waals surface area contributed by atoms with E-state index in [1.54, 1.807) is 0 Å². The quantitative estimate of drug-likeness (QED) is 0.279. The van der Waals surface area contributed by atoms with Gasteiger partial charge in [0, 0.05) is 12.6 Å². The highest BCUT2D eigenvalue weighted by molar-refractivity contribution is 5.14. The number of unbranched alkanes of at least 4 members (excludes halogenated alkanes) is 11. The van der Waals surface area contributed by atoms with Crippen molar-refractivity contribution >= 4 is 0 Å². The van der Waals surface area contributed by atoms with Crippen LogP contribution < -0.4 is 0 Å². The first kappa shape index (κ1) is 22.2. The second-order valence-electron chi connectivity index (χ2n) is 7.93. The van der Waals surface area contributed by atoms with Crippen molar-refractivity contribution in [1.82, 2.24) is 4.90 Å². The van der Waals surface area contributed by atoms with Crippen molar-refractivity contribution < 1.29 is 0 Å². The molecule has 1 aromatic carbocycles. The van der Waals surface area contributed by atoms with E-state index in [2.05, 4.69) is 56.1 Å². The summed E-state index contributed by atoms with van der Waals surface area (Å²) in [5.74, 6) is 0. The van der Waals surface area contributed by atoms with Gasteiger partial charge in [0.25, 0.3) is 0 Å². The molecule has 0 fully saturated rings. The Kier molecular flexibility index (Phi) is 13.7. The van der Waals surface area contributed by atoms with Gasteiger partial charge in [-0.15, -0.1) is 0 Å². The van der Waals surface area contributed by atoms with Crippen molar-refractivity contribution in [2.45, 2.75) is 110 Å². The first-order chi connectivity index (χ1) is 12.2. The molecule has 1 aromatic rings. The molecule has 0 amide bonds. The van der Waals surface area contributed by atoms with Crippen molar-refractivity contribution in [3.63, 3.8) is 0 Å². The smallest absolute Gasteiger partial charge is 0.0233 e. The van der Waals surface area contributed by atoms with Gasteiger partial charge in [-0.2, -0.15) is 0 Å². The van der Waals surface area contributed by atoms with Crippen LogP contribution >= 0.6 is 0 Å². The fourth-order valence-electron chi connectivity index (χ4n) is 3.53. The minimum absolute atomic E-state index is 0.684. The summed E-state index contributed by atoms with van der Waals surface area (Å²) in [5.41, 5.74) is 1.42. The molecule has 0 aromatic heterocycles. The molecule has 1 rings (SSSR count). The van der Waals surface area contributed by atoms with Crippen LogP contribution in [-0.4, -0.2) is 18.0 Å². The third kappa shape index (κ3) is 12.2. The summed E-state index contributed by atoms with van der Waals surface area (Å²) in [6.07, 6.45) is 18.6. The summed E-state index contributed by atoms with van der Waals surface area (Å²) in [5, 5.41) is 0. The normalized spacial score (nSPS) is 12.6. The van der Waals surface area contributed by atoms with Gasteiger partial charge in [-0.05, 0) is 26.0 Å². The van der Waals surface area contributed by atoms with Gasteiger partial charge in [0.2, 0.25) is 0 Å². The number of hydrogen-bond acceptors (Lipinski definition) is 1. The van der Waals surface area contributed by atoms with E-state index in [1.807, 2.05) is 0 Å². The number of nitrogens with zero attached hydrogens (tertiary/aromatic N) is 1. The predicted octanol–water partition coefficient (Wildman–Crippen LogP) is 7.60. The monoisotopic (exact) mass is 345 g/mol. The van der Waals surface area contributed by atoms with Crippen LogP contribution in [0, 0.1) is 0 Å². The average Bonchev–Trinajstić information content (AvgIpc) is 2.63. The minimum Gasteiger partial charge on any atom is -0.299 e. The highest BCUT2D eigenvalue weighted by Gasteiger charge is 2.09. The number of benzene rings is 1. The van der Waals surface area contributed by atoms with Crippen molar-refractivity contribution in [2.75, 3.05) is 7.05 Å². The van der Waals surface area contributed by atoms with E-state index in [0.29, 0.717) is 6.04 Å². The van der Waals surface area contributed by atoms with Gasteiger partial charge >= 0.3 is 0 Å². The molecule has 1 heteroatoms. The Morgan fingerprint density at radius 2 is 1.20 bits per heavy atom. The van der Waals surface area contributed by atoms with Crippen molar-refractivity contribution in [2.24, 2.45) is 0 Å². The SMILES string of the molecule is CCCCCCCCCCCCCCC(C)N(C)Cc1ccccc1. The highest BCUT2D eigenvalue weighted by Crippen LogP contribution is 2.15. The average molecular weight is 346 g/mol. The van der Waals surface area contributed by atoms with E-state index in [4.69, 9.17) is 0 Å². The van der Waals surface area contributed by atoms with E-state index in [-0.39, 0.29) is 0 Å². The Morgan fingerprint density at radius 3 is 1.72 bits per heavy atom. The maximum absolute atomic E-state index is 2.49. The fraction of sp³-hybridized carbons (Fsp3) is 0.750. The Hall–Kier alpha value is -0.820. The second kappa shape index (κ2) is 15.4. The Balaban J connectivity index is 1.90. The summed E-state index contributed by atoms with van der Waals surface area (Å²) in [6, 6.07) is 11.5. The zero-order valence-electron chi connectivity index (χ0n) is 17.3. The molecule has 0 aliphatic heterocycles. The van der Waals surface area contributed by atoms with Crippen molar-refractivity contribution in [3.05, 3.63) is 35.9 Å². The molecule has 1 unspecified atom stereocenters. The molecule has 1 atom stereocenters. The Labute approximate surface area is 158 Å². The lowest BCUT2D eigenvalue weighted by atomic mass is 10.0. The van der Waals surface area contributed by atoms with E-state index < -0.39 is 0 Å². The van der Waals surface area contributed by atoms with Gasteiger partial charge in [0.05, 0.1) is 0 Å². The van der Waals surface area contributed by atoms with Crippen LogP contribution in [0.25, 0.3) is 0 Å². The molecule has 0 radical (unpaired) electrons. The first-order valence-corrected chi connectivity index (χ1v) is 11.0. The lowest BCUT2D eigenvalue weighted by molar-refractivity contribution is 0.233. The van der Waals surface area contributed by atoms with E-state index in [9.17, 15) is 0 Å². The molecule has 0 saturated heterocycles. The van der Waals surface area contributed by atoms with Gasteiger partial charge in [-0.1, -0.05) is 114 Å². The van der Waals surface area contributed by atoms with E-state index in [1.165, 1.54) is 89.0 Å². The molecule has 0 spiro atoms. The fourth-order valence-corrected chi connectivity index (χ4v) is 3.53. The zero-order valence-corrected chi connectivity index (χ0v) is 17.3. The molecule has 0 heterocycles. The molecular formula is C24H43N. The van der Waals surface area contributed by atoms with Crippen LogP contribution in [-0.2, 0) is 6.54 Å². The Bertz CT molecular complexity index is 386. The Morgan fingerprint density at radius 1 is 0.720 bits per heavy atom. The maximum atomic E-state index is 2.49. The first-order valence-electron chi connectivity index (χ1n) is 11.0. The van der Waals surface area contributed by atoms with Crippen LogP contribution in [0.1, 0.15) is 103 Å². The second-order valence-corrected chi connectivity index (χ2v) is 7.93. The van der Waals surface area contributed by atoms with E-state index >= 15 is 0 Å². The molecule has 0 aliphatic carbocycles. The van der Waals surface area contributed by atoms with Gasteiger partial charge in [-0.25, -0.2) is 0 Å². The summed E-state index contributed by atoms with van der Waals surface area (Å²) in [6.45, 7) is 5.74. The third-order valence-corrected chi connectivity index (χ3v) is 5.50. The lowest BCUT2D eigenvalue weighted by Crippen LogP contribution is -2.28. The van der Waals surface area contributed by atoms with Crippen LogP contribution in [0.2, 0.25) is 0 Å². The van der Waals surface area contributed by atoms with Crippen LogP contribution in [0.15, 0.2) is 30.3 Å². The van der Waals surface area contributed by atoms with Crippen LogP contribution in [0.5, 0.6) is 0 Å². The maximum Gasteiger partial charge on any atom is 0.0233 e. The molecule has 0 aliphatic rings. The molecule has 1 nitrogen and oxygen atoms in total. The van der Waals surface area contributed by atoms with Gasteiger partial charge in [-0.3, -0.25) is 4.90 Å². The lowest BCUT2D eigenvalue weighted by Gasteiger charge is -2.24. The number of rotatable bonds is 16. The summed E-state index contributed by atoms with van der Waals surface area (Å²) >= 11 is 0. The number of hydrogen-bond donors (Lipinski definition) is 0. The standard InChI is InChI=1S/C24H43N/c1-4-5-6-7-8-9-10-11-12-13-14-16-19-23(2)25(3)22-24-20-17-15-18-21-24/h15,17-18,20-21,23H,4-14,16,19,22H2,1-3H3. The van der Waals surface area contributed by atoms with Crippen LogP contribution in [0.4, 0.5) is 0 Å². The van der Waals surface area contributed by atoms with E-state index in [0.717, 1.165) is 6.54 Å². The minimum atomic E-state index is 0.684. The van der Waals surface area contributed by atoms with Gasteiger partial charge in [0.1, 0.15) is 0 Å². The largest absolute Gasteiger partial charge is 0.299 e. The molecular weight excluding hydrogens is 302 g/mol. The molecule has 0 bridgehead atoms. The summed E-state index contributed by atoms with van der Waals surface area (Å²) in [4.78, 5) is 2.49. The topological polar surface area (TPSA) is 3.24 Å². The third-order valence-electron chi connectivity index (χ3n) is 5.50. The highest BCUT2D eigenvalue weighted by atomic mass is 15.1. The van der Waals surface area contributed by atoms with Gasteiger partial charge in [0.15, 0.2) is 0 Å². The molecule has 0 N–H and O–H groups in total. The zero-order chi connectivity index (χ0) is 18.2. The van der Waals surface area contributed by atoms with Crippen molar-refractivity contribution in [1.29, 1.82) is 0 Å². The van der Waals surface area contributed by atoms with Crippen molar-refractivity contribution in [3.8, 4) is 0 Å². The molecule has 0 saturated carbocycles. The summed E-state index contributed by atoms with van der Waals surface area (Å²) in [7, 11) is 2.26. The molecule has 144 valence electrons. The van der Waals surface area contributed by atoms with Crippen LogP contribution in [0.3, 0.4) is 0 Å². The molecule has 25 heavy (non-hydrogen) atoms. The van der Waals surface area contributed by atoms with Gasteiger partial charge < -0.3 is 0 Å². The summed E-state index contributed by atoms with van der Waals surface area (Å²) < 4.78 is 0.